The Hall–Kier alpha value is -3.83. The lowest BCUT2D eigenvalue weighted by molar-refractivity contribution is -0.135. The minimum Gasteiger partial charge on any atom is -0.480 e. The van der Waals surface area contributed by atoms with Crippen LogP contribution in [0.15, 0.2) is 71.9 Å². The number of pyridine rings is 2. The number of hydrogen-bond donors (Lipinski definition) is 2. The smallest absolute Gasteiger partial charge is 0.416 e. The first-order valence-corrected chi connectivity index (χ1v) is 15.7. The lowest BCUT2D eigenvalue weighted by Crippen LogP contribution is -2.48. The van der Waals surface area contributed by atoms with E-state index in [0.717, 1.165) is 29.7 Å². The fraction of sp³-hybridized carbons (Fsp3) is 0.438. The Labute approximate surface area is 254 Å². The zero-order valence-corrected chi connectivity index (χ0v) is 26.5. The molecule has 0 aliphatic carbocycles. The third kappa shape index (κ3) is 8.17. The highest BCUT2D eigenvalue weighted by atomic mass is 32.2. The number of aliphatic carboxylic acids is 1. The van der Waals surface area contributed by atoms with Crippen molar-refractivity contribution >= 4 is 27.7 Å². The molecule has 3 N–H and O–H groups in total. The van der Waals surface area contributed by atoms with E-state index in [4.69, 9.17) is 10.5 Å². The van der Waals surface area contributed by atoms with Crippen LogP contribution in [0.5, 0.6) is 0 Å². The van der Waals surface area contributed by atoms with E-state index in [1.54, 1.807) is 32.9 Å². The van der Waals surface area contributed by atoms with Crippen LogP contribution in [0.3, 0.4) is 0 Å². The van der Waals surface area contributed by atoms with Gasteiger partial charge in [0.05, 0.1) is 5.69 Å². The van der Waals surface area contributed by atoms with Crippen molar-refractivity contribution in [2.75, 3.05) is 11.4 Å². The van der Waals surface area contributed by atoms with Crippen molar-refractivity contribution in [3.8, 4) is 0 Å². The molecular weight excluding hydrogens is 568 g/mol. The van der Waals surface area contributed by atoms with Gasteiger partial charge in [-0.1, -0.05) is 70.0 Å². The van der Waals surface area contributed by atoms with Crippen molar-refractivity contribution in [1.82, 2.24) is 9.97 Å². The molecule has 0 spiro atoms. The predicted molar refractivity (Wildman–Crippen MR) is 165 cm³/mol. The van der Waals surface area contributed by atoms with E-state index in [1.165, 1.54) is 30.5 Å². The Kier molecular flexibility index (Phi) is 10.3. The minimum absolute atomic E-state index is 0.0560. The molecule has 2 heterocycles. The molecule has 3 aromatic rings. The quantitative estimate of drug-likeness (QED) is 0.267. The van der Waals surface area contributed by atoms with Gasteiger partial charge in [-0.2, -0.15) is 0 Å². The molecule has 0 radical (unpaired) electrons. The van der Waals surface area contributed by atoms with Gasteiger partial charge in [0.1, 0.15) is 18.0 Å². The largest absolute Gasteiger partial charge is 0.480 e. The normalized spacial score (nSPS) is 13.7. The average molecular weight is 611 g/mol. The minimum atomic E-state index is -4.36. The number of carbonyl (C=O) groups is 2. The molecule has 43 heavy (non-hydrogen) atoms. The van der Waals surface area contributed by atoms with Crippen molar-refractivity contribution in [2.24, 2.45) is 5.73 Å². The SMILES string of the molecule is CCCCC(C)(C)c1ccc(CC(N)(c2cccc(N(CC(=O)O)C(=O)OC(C)(C)C)n2)S(=O)(=O)c2ccccn2)cc1. The van der Waals surface area contributed by atoms with Crippen LogP contribution in [-0.2, 0) is 36.1 Å². The maximum atomic E-state index is 14.2. The molecule has 2 aromatic heterocycles. The molecule has 10 nitrogen and oxygen atoms in total. The maximum absolute atomic E-state index is 14.2. The van der Waals surface area contributed by atoms with E-state index in [-0.39, 0.29) is 28.4 Å². The lowest BCUT2D eigenvalue weighted by atomic mass is 9.80. The van der Waals surface area contributed by atoms with Gasteiger partial charge in [-0.25, -0.2) is 23.2 Å². The summed E-state index contributed by atoms with van der Waals surface area (Å²) in [6.45, 7) is 10.7. The van der Waals surface area contributed by atoms with Crippen molar-refractivity contribution in [3.63, 3.8) is 0 Å². The van der Waals surface area contributed by atoms with E-state index >= 15 is 0 Å². The van der Waals surface area contributed by atoms with Gasteiger partial charge in [-0.3, -0.25) is 9.69 Å². The number of carboxylic acids is 1. The van der Waals surface area contributed by atoms with Crippen LogP contribution in [0, 0.1) is 0 Å². The Balaban J connectivity index is 2.13. The molecule has 1 aromatic carbocycles. The number of amides is 1. The van der Waals surface area contributed by atoms with E-state index in [9.17, 15) is 23.1 Å². The summed E-state index contributed by atoms with van der Waals surface area (Å²) in [7, 11) is -4.36. The molecular formula is C32H42N4O6S. The fourth-order valence-corrected chi connectivity index (χ4v) is 6.23. The monoisotopic (exact) mass is 610 g/mol. The molecule has 0 saturated heterocycles. The van der Waals surface area contributed by atoms with E-state index in [0.29, 0.717) is 5.56 Å². The number of nitrogens with zero attached hydrogens (tertiary/aromatic N) is 3. The van der Waals surface area contributed by atoms with Crippen molar-refractivity contribution in [3.05, 3.63) is 83.7 Å². The zero-order valence-electron chi connectivity index (χ0n) is 25.7. The topological polar surface area (TPSA) is 153 Å². The summed E-state index contributed by atoms with van der Waals surface area (Å²) in [6.07, 6.45) is 3.44. The van der Waals surface area contributed by atoms with Crippen LogP contribution in [0.25, 0.3) is 0 Å². The molecule has 0 aliphatic heterocycles. The number of nitrogens with two attached hydrogens (primary N) is 1. The third-order valence-electron chi connectivity index (χ3n) is 7.10. The molecule has 1 amide bonds. The molecule has 232 valence electrons. The Bertz CT molecular complexity index is 1520. The van der Waals surface area contributed by atoms with E-state index in [1.807, 2.05) is 24.3 Å². The number of anilines is 1. The van der Waals surface area contributed by atoms with Gasteiger partial charge in [0.15, 0.2) is 9.90 Å². The molecule has 1 atom stereocenters. The summed E-state index contributed by atoms with van der Waals surface area (Å²) in [4.78, 5) is 31.9. The van der Waals surface area contributed by atoms with Crippen molar-refractivity contribution in [2.45, 2.75) is 88.1 Å². The number of unbranched alkanes of at least 4 members (excludes halogenated alkanes) is 1. The Morgan fingerprint density at radius 3 is 2.21 bits per heavy atom. The maximum Gasteiger partial charge on any atom is 0.416 e. The van der Waals surface area contributed by atoms with Crippen molar-refractivity contribution in [1.29, 1.82) is 0 Å². The average Bonchev–Trinajstić information content (AvgIpc) is 2.94. The number of hydrogen-bond acceptors (Lipinski definition) is 8. The molecule has 0 fully saturated rings. The Morgan fingerprint density at radius 1 is 0.977 bits per heavy atom. The fourth-order valence-electron chi connectivity index (χ4n) is 4.66. The van der Waals surface area contributed by atoms with Crippen LogP contribution in [0.4, 0.5) is 10.6 Å². The van der Waals surface area contributed by atoms with Crippen LogP contribution in [0.2, 0.25) is 0 Å². The van der Waals surface area contributed by atoms with Gasteiger partial charge in [0.25, 0.3) is 0 Å². The Morgan fingerprint density at radius 2 is 1.65 bits per heavy atom. The number of sulfone groups is 1. The van der Waals surface area contributed by atoms with Gasteiger partial charge < -0.3 is 15.6 Å². The van der Waals surface area contributed by atoms with Crippen LogP contribution < -0.4 is 10.6 Å². The second-order valence-electron chi connectivity index (χ2n) is 12.3. The first kappa shape index (κ1) is 33.7. The second-order valence-corrected chi connectivity index (χ2v) is 14.4. The molecule has 0 aliphatic rings. The summed E-state index contributed by atoms with van der Waals surface area (Å²) in [6, 6.07) is 16.5. The molecule has 1 unspecified atom stereocenters. The van der Waals surface area contributed by atoms with Crippen LogP contribution >= 0.6 is 0 Å². The highest BCUT2D eigenvalue weighted by Gasteiger charge is 2.45. The second kappa shape index (κ2) is 13.2. The van der Waals surface area contributed by atoms with Crippen molar-refractivity contribution < 1.29 is 27.9 Å². The number of benzene rings is 1. The molecule has 11 heteroatoms. The molecule has 3 rings (SSSR count). The van der Waals surface area contributed by atoms with Gasteiger partial charge in [0, 0.05) is 12.6 Å². The highest BCUT2D eigenvalue weighted by molar-refractivity contribution is 7.92. The summed E-state index contributed by atoms with van der Waals surface area (Å²) in [5.41, 5.74) is 7.58. The first-order valence-electron chi connectivity index (χ1n) is 14.2. The lowest BCUT2D eigenvalue weighted by Gasteiger charge is -2.31. The molecule has 0 bridgehead atoms. The van der Waals surface area contributed by atoms with Crippen LogP contribution in [0.1, 0.15) is 77.6 Å². The zero-order chi connectivity index (χ0) is 32.1. The highest BCUT2D eigenvalue weighted by Crippen LogP contribution is 2.35. The number of carboxylic acid groups (broad SMARTS) is 1. The standard InChI is InChI=1S/C32H42N4O6S/c1-7-8-19-31(5,6)24-17-15-23(16-18-24)21-32(33,43(40,41)27-14-9-10-20-34-27)25-12-11-13-26(35-25)36(22-28(37)38)29(39)42-30(2,3)4/h9-18,20H,7-8,19,21-22,33H2,1-6H3,(H,37,38). The summed E-state index contributed by atoms with van der Waals surface area (Å²) < 4.78 is 33.7. The summed E-state index contributed by atoms with van der Waals surface area (Å²) in [5.74, 6) is -1.42. The van der Waals surface area contributed by atoms with E-state index in [2.05, 4.69) is 30.7 Å². The van der Waals surface area contributed by atoms with Gasteiger partial charge in [-0.15, -0.1) is 0 Å². The van der Waals surface area contributed by atoms with Gasteiger partial charge in [0.2, 0.25) is 9.84 Å². The number of carbonyl (C=O) groups excluding carboxylic acids is 1. The number of rotatable bonds is 12. The number of ether oxygens (including phenoxy) is 1. The summed E-state index contributed by atoms with van der Waals surface area (Å²) in [5, 5.41) is 9.28. The molecule has 0 saturated carbocycles. The first-order chi connectivity index (χ1) is 20.0. The third-order valence-corrected chi connectivity index (χ3v) is 9.21. The van der Waals surface area contributed by atoms with Gasteiger partial charge in [-0.05, 0) is 68.0 Å². The van der Waals surface area contributed by atoms with Crippen LogP contribution in [-0.4, -0.2) is 47.7 Å². The predicted octanol–water partition coefficient (Wildman–Crippen LogP) is 5.60. The number of aromatic nitrogens is 2. The summed E-state index contributed by atoms with van der Waals surface area (Å²) >= 11 is 0. The van der Waals surface area contributed by atoms with Gasteiger partial charge >= 0.3 is 12.1 Å². The van der Waals surface area contributed by atoms with E-state index < -0.39 is 38.9 Å².